The molecule has 1 aromatic rings. The smallest absolute Gasteiger partial charge is 0.321 e. The first-order valence-electron chi connectivity index (χ1n) is 6.09. The van der Waals surface area contributed by atoms with E-state index in [-0.39, 0.29) is 5.69 Å². The summed E-state index contributed by atoms with van der Waals surface area (Å²) in [7, 11) is 0. The van der Waals surface area contributed by atoms with Crippen LogP contribution in [0, 0.1) is 10.1 Å². The van der Waals surface area contributed by atoms with Crippen molar-refractivity contribution in [2.75, 3.05) is 5.75 Å². The molecule has 0 amide bonds. The van der Waals surface area contributed by atoms with Crippen molar-refractivity contribution in [3.8, 4) is 0 Å². The number of carboxylic acids is 1. The topological polar surface area (TPSA) is 106 Å². The van der Waals surface area contributed by atoms with Crippen LogP contribution in [-0.2, 0) is 11.2 Å². The predicted molar refractivity (Wildman–Crippen MR) is 78.9 cm³/mol. The average molecular weight is 298 g/mol. The minimum atomic E-state index is -1.02. The summed E-state index contributed by atoms with van der Waals surface area (Å²) >= 11 is 1.48. The normalized spacial score (nSPS) is 12.9. The molecule has 0 aromatic heterocycles. The minimum absolute atomic E-state index is 0.0645. The van der Waals surface area contributed by atoms with Crippen LogP contribution in [0.25, 0.3) is 0 Å². The Morgan fingerprint density at radius 3 is 2.45 bits per heavy atom. The Kier molecular flexibility index (Phi) is 5.52. The molecule has 1 aromatic carbocycles. The van der Waals surface area contributed by atoms with E-state index >= 15 is 0 Å². The first-order chi connectivity index (χ1) is 9.24. The molecule has 20 heavy (non-hydrogen) atoms. The number of hydrogen-bond acceptors (Lipinski definition) is 5. The van der Waals surface area contributed by atoms with Crippen molar-refractivity contribution in [2.24, 2.45) is 5.73 Å². The number of aliphatic carboxylic acids is 1. The van der Waals surface area contributed by atoms with Crippen molar-refractivity contribution in [2.45, 2.75) is 31.1 Å². The van der Waals surface area contributed by atoms with Gasteiger partial charge in [0.15, 0.2) is 0 Å². The van der Waals surface area contributed by atoms with E-state index in [0.29, 0.717) is 12.2 Å². The van der Waals surface area contributed by atoms with Gasteiger partial charge in [-0.05, 0) is 31.6 Å². The highest BCUT2D eigenvalue weighted by atomic mass is 32.2. The molecule has 0 fully saturated rings. The Labute approximate surface area is 121 Å². The number of hydrogen-bond donors (Lipinski definition) is 2. The van der Waals surface area contributed by atoms with Crippen LogP contribution in [0.15, 0.2) is 24.3 Å². The number of carboxylic acid groups (broad SMARTS) is 1. The second-order valence-electron chi connectivity index (χ2n) is 4.94. The Morgan fingerprint density at radius 2 is 2.00 bits per heavy atom. The quantitative estimate of drug-likeness (QED) is 0.589. The largest absolute Gasteiger partial charge is 0.480 e. The van der Waals surface area contributed by atoms with Crippen LogP contribution in [0.2, 0.25) is 0 Å². The zero-order valence-electron chi connectivity index (χ0n) is 11.4. The lowest BCUT2D eigenvalue weighted by Gasteiger charge is -2.27. The molecular weight excluding hydrogens is 280 g/mol. The highest BCUT2D eigenvalue weighted by Gasteiger charge is 2.32. The van der Waals surface area contributed by atoms with Gasteiger partial charge < -0.3 is 10.8 Å². The van der Waals surface area contributed by atoms with Crippen molar-refractivity contribution in [1.29, 1.82) is 0 Å². The lowest BCUT2D eigenvalue weighted by molar-refractivity contribution is -0.384. The van der Waals surface area contributed by atoms with Gasteiger partial charge in [0.05, 0.1) is 4.92 Å². The predicted octanol–water partition coefficient (Wildman–Crippen LogP) is 2.06. The fraction of sp³-hybridized carbons (Fsp3) is 0.462. The fourth-order valence-corrected chi connectivity index (χ4v) is 2.75. The second-order valence-corrected chi connectivity index (χ2v) is 6.69. The Hall–Kier alpha value is -1.60. The standard InChI is InChI=1S/C13H18N2O4S/c1-13(2,11(14)12(16)17)20-8-7-9-3-5-10(6-4-9)15(18)19/h3-6,11H,7-8,14H2,1-2H3,(H,16,17)/t11-/m1/s1. The van der Waals surface area contributed by atoms with Crippen molar-refractivity contribution >= 4 is 23.4 Å². The van der Waals surface area contributed by atoms with E-state index in [1.165, 1.54) is 23.9 Å². The van der Waals surface area contributed by atoms with Gasteiger partial charge in [0.25, 0.3) is 5.69 Å². The number of non-ortho nitro benzene ring substituents is 1. The van der Waals surface area contributed by atoms with Crippen LogP contribution in [0.3, 0.4) is 0 Å². The first-order valence-corrected chi connectivity index (χ1v) is 7.08. The monoisotopic (exact) mass is 298 g/mol. The molecule has 0 saturated carbocycles. The summed E-state index contributed by atoms with van der Waals surface area (Å²) < 4.78 is -0.563. The van der Waals surface area contributed by atoms with Crippen LogP contribution in [0.5, 0.6) is 0 Å². The van der Waals surface area contributed by atoms with Gasteiger partial charge in [0, 0.05) is 16.9 Å². The van der Waals surface area contributed by atoms with Gasteiger partial charge in [-0.1, -0.05) is 12.1 Å². The van der Waals surface area contributed by atoms with Gasteiger partial charge in [-0.15, -0.1) is 0 Å². The summed E-state index contributed by atoms with van der Waals surface area (Å²) in [5, 5.41) is 19.4. The highest BCUT2D eigenvalue weighted by Crippen LogP contribution is 2.28. The molecule has 110 valence electrons. The first kappa shape index (κ1) is 16.5. The van der Waals surface area contributed by atoms with Crippen molar-refractivity contribution in [3.63, 3.8) is 0 Å². The molecule has 0 aliphatic carbocycles. The molecule has 0 aliphatic heterocycles. The van der Waals surface area contributed by atoms with Crippen LogP contribution in [0.4, 0.5) is 5.69 Å². The molecular formula is C13H18N2O4S. The molecule has 3 N–H and O–H groups in total. The summed E-state index contributed by atoms with van der Waals surface area (Å²) in [6.07, 6.45) is 0.707. The molecule has 0 bridgehead atoms. The lowest BCUT2D eigenvalue weighted by Crippen LogP contribution is -2.46. The summed E-state index contributed by atoms with van der Waals surface area (Å²) in [4.78, 5) is 21.0. The van der Waals surface area contributed by atoms with Gasteiger partial charge in [0.2, 0.25) is 0 Å². The van der Waals surface area contributed by atoms with Crippen LogP contribution in [-0.4, -0.2) is 32.5 Å². The van der Waals surface area contributed by atoms with E-state index in [1.807, 2.05) is 0 Å². The van der Waals surface area contributed by atoms with Gasteiger partial charge in [-0.3, -0.25) is 14.9 Å². The number of nitrogens with two attached hydrogens (primary N) is 1. The van der Waals surface area contributed by atoms with Crippen LogP contribution in [0.1, 0.15) is 19.4 Å². The number of nitro benzene ring substituents is 1. The number of carbonyl (C=O) groups is 1. The Balaban J connectivity index is 2.52. The SMILES string of the molecule is CC(C)(SCCc1ccc([N+](=O)[O-])cc1)[C@H](N)C(=O)O. The molecule has 6 nitrogen and oxygen atoms in total. The number of thioether (sulfide) groups is 1. The third-order valence-corrected chi connectivity index (χ3v) is 4.43. The molecule has 0 aliphatic rings. The van der Waals surface area contributed by atoms with Crippen molar-refractivity contribution in [3.05, 3.63) is 39.9 Å². The van der Waals surface area contributed by atoms with Crippen molar-refractivity contribution < 1.29 is 14.8 Å². The second kappa shape index (κ2) is 6.71. The van der Waals surface area contributed by atoms with Crippen molar-refractivity contribution in [1.82, 2.24) is 0 Å². The van der Waals surface area contributed by atoms with E-state index in [9.17, 15) is 14.9 Å². The summed E-state index contributed by atoms with van der Waals surface area (Å²) in [6, 6.07) is 5.43. The number of benzene rings is 1. The van der Waals surface area contributed by atoms with Crippen LogP contribution < -0.4 is 5.73 Å². The number of rotatable bonds is 7. The Morgan fingerprint density at radius 1 is 1.45 bits per heavy atom. The molecule has 1 atom stereocenters. The molecule has 0 saturated heterocycles. The van der Waals surface area contributed by atoms with Gasteiger partial charge in [0.1, 0.15) is 6.04 Å². The summed E-state index contributed by atoms with van der Waals surface area (Å²) in [5.74, 6) is -0.316. The maximum atomic E-state index is 10.9. The molecule has 0 heterocycles. The fourth-order valence-electron chi connectivity index (χ4n) is 1.60. The number of nitro groups is 1. The number of aryl methyl sites for hydroxylation is 1. The van der Waals surface area contributed by atoms with Gasteiger partial charge in [-0.2, -0.15) is 11.8 Å². The maximum absolute atomic E-state index is 10.9. The van der Waals surface area contributed by atoms with E-state index in [1.54, 1.807) is 26.0 Å². The van der Waals surface area contributed by atoms with E-state index < -0.39 is 21.7 Å². The molecule has 0 unspecified atom stereocenters. The minimum Gasteiger partial charge on any atom is -0.480 e. The van der Waals surface area contributed by atoms with E-state index in [2.05, 4.69) is 0 Å². The summed E-state index contributed by atoms with van der Waals surface area (Å²) in [5.41, 5.74) is 6.67. The summed E-state index contributed by atoms with van der Waals surface area (Å²) in [6.45, 7) is 3.60. The Bertz CT molecular complexity index is 488. The molecule has 0 radical (unpaired) electrons. The maximum Gasteiger partial charge on any atom is 0.321 e. The number of nitrogens with zero attached hydrogens (tertiary/aromatic N) is 1. The van der Waals surface area contributed by atoms with Gasteiger partial charge >= 0.3 is 5.97 Å². The van der Waals surface area contributed by atoms with Gasteiger partial charge in [-0.25, -0.2) is 0 Å². The molecule has 7 heteroatoms. The average Bonchev–Trinajstić information content (AvgIpc) is 2.38. The third-order valence-electron chi connectivity index (χ3n) is 3.03. The highest BCUT2D eigenvalue weighted by molar-refractivity contribution is 8.00. The van der Waals surface area contributed by atoms with E-state index in [0.717, 1.165) is 5.56 Å². The zero-order chi connectivity index (χ0) is 15.3. The van der Waals surface area contributed by atoms with Crippen LogP contribution >= 0.6 is 11.8 Å². The zero-order valence-corrected chi connectivity index (χ0v) is 12.2. The molecule has 0 spiro atoms. The third kappa shape index (κ3) is 4.50. The van der Waals surface area contributed by atoms with E-state index in [4.69, 9.17) is 10.8 Å². The molecule has 1 rings (SSSR count). The lowest BCUT2D eigenvalue weighted by atomic mass is 10.1.